The average molecular weight is 346 g/mol. The first kappa shape index (κ1) is 19.3. The fourth-order valence-electron chi connectivity index (χ4n) is 3.41. The molecule has 1 saturated carbocycles. The molecule has 2 rings (SSSR count). The second-order valence-corrected chi connectivity index (χ2v) is 6.84. The molecule has 5 nitrogen and oxygen atoms in total. The van der Waals surface area contributed by atoms with Gasteiger partial charge in [-0.25, -0.2) is 0 Å². The number of methoxy groups -OCH3 is 1. The maximum atomic E-state index is 12.5. The number of amides is 2. The molecule has 2 N–H and O–H groups in total. The third-order valence-corrected chi connectivity index (χ3v) is 4.76. The van der Waals surface area contributed by atoms with Crippen LogP contribution in [0.1, 0.15) is 69.9 Å². The Labute approximate surface area is 150 Å². The molecule has 25 heavy (non-hydrogen) atoms. The van der Waals surface area contributed by atoms with Crippen molar-refractivity contribution in [2.24, 2.45) is 0 Å². The van der Waals surface area contributed by atoms with Crippen LogP contribution >= 0.6 is 0 Å². The molecule has 0 aliphatic heterocycles. The summed E-state index contributed by atoms with van der Waals surface area (Å²) in [5.41, 5.74) is 0.906. The van der Waals surface area contributed by atoms with Crippen LogP contribution in [-0.2, 0) is 9.59 Å². The van der Waals surface area contributed by atoms with E-state index in [-0.39, 0.29) is 30.3 Å². The van der Waals surface area contributed by atoms with E-state index in [1.165, 1.54) is 39.0 Å². The molecule has 138 valence electrons. The van der Waals surface area contributed by atoms with E-state index in [2.05, 4.69) is 10.6 Å². The van der Waals surface area contributed by atoms with Crippen LogP contribution < -0.4 is 15.4 Å². The van der Waals surface area contributed by atoms with Crippen molar-refractivity contribution in [2.45, 2.75) is 70.4 Å². The van der Waals surface area contributed by atoms with Crippen LogP contribution in [0.4, 0.5) is 0 Å². The lowest BCUT2D eigenvalue weighted by atomic mass is 9.96. The van der Waals surface area contributed by atoms with Crippen LogP contribution in [-0.4, -0.2) is 25.0 Å². The van der Waals surface area contributed by atoms with Crippen LogP contribution in [0.2, 0.25) is 0 Å². The van der Waals surface area contributed by atoms with Crippen LogP contribution in [0.15, 0.2) is 24.3 Å². The Hall–Kier alpha value is -2.04. The average Bonchev–Trinajstić information content (AvgIpc) is 2.56. The topological polar surface area (TPSA) is 67.4 Å². The summed E-state index contributed by atoms with van der Waals surface area (Å²) in [7, 11) is 1.61. The molecule has 1 aromatic carbocycles. The van der Waals surface area contributed by atoms with E-state index in [1.807, 2.05) is 24.3 Å². The van der Waals surface area contributed by atoms with Crippen LogP contribution in [0.25, 0.3) is 0 Å². The molecule has 1 atom stereocenters. The fraction of sp³-hybridized carbons (Fsp3) is 0.600. The second-order valence-electron chi connectivity index (χ2n) is 6.84. The van der Waals surface area contributed by atoms with Crippen molar-refractivity contribution in [2.75, 3.05) is 7.11 Å². The predicted molar refractivity (Wildman–Crippen MR) is 98.4 cm³/mol. The van der Waals surface area contributed by atoms with Gasteiger partial charge in [-0.1, -0.05) is 44.2 Å². The smallest absolute Gasteiger partial charge is 0.222 e. The van der Waals surface area contributed by atoms with Gasteiger partial charge >= 0.3 is 0 Å². The lowest BCUT2D eigenvalue weighted by molar-refractivity contribution is -0.123. The summed E-state index contributed by atoms with van der Waals surface area (Å²) in [6.45, 7) is 1.48. The first-order chi connectivity index (χ1) is 12.1. The summed E-state index contributed by atoms with van der Waals surface area (Å²) >= 11 is 0. The molecule has 1 aromatic rings. The summed E-state index contributed by atoms with van der Waals surface area (Å²) in [4.78, 5) is 24.0. The molecule has 0 spiro atoms. The van der Waals surface area contributed by atoms with Gasteiger partial charge in [0.15, 0.2) is 0 Å². The van der Waals surface area contributed by atoms with Gasteiger partial charge in [-0.2, -0.15) is 0 Å². The van der Waals surface area contributed by atoms with Crippen molar-refractivity contribution in [1.29, 1.82) is 0 Å². The van der Waals surface area contributed by atoms with Gasteiger partial charge in [-0.05, 0) is 30.5 Å². The van der Waals surface area contributed by atoms with Crippen molar-refractivity contribution in [3.63, 3.8) is 0 Å². The summed E-state index contributed by atoms with van der Waals surface area (Å²) in [6, 6.07) is 7.41. The highest BCUT2D eigenvalue weighted by Gasteiger charge is 2.20. The highest BCUT2D eigenvalue weighted by atomic mass is 16.5. The van der Waals surface area contributed by atoms with Gasteiger partial charge in [0.25, 0.3) is 0 Å². The number of hydrogen-bond acceptors (Lipinski definition) is 3. The third-order valence-electron chi connectivity index (χ3n) is 4.76. The number of nitrogens with one attached hydrogen (secondary N) is 2. The Bertz CT molecular complexity index is 549. The van der Waals surface area contributed by atoms with Crippen molar-refractivity contribution in [3.8, 4) is 5.75 Å². The summed E-state index contributed by atoms with van der Waals surface area (Å²) in [5.74, 6) is 0.615. The molecule has 0 heterocycles. The van der Waals surface area contributed by atoms with Gasteiger partial charge in [-0.3, -0.25) is 9.59 Å². The van der Waals surface area contributed by atoms with Gasteiger partial charge in [0.2, 0.25) is 11.8 Å². The van der Waals surface area contributed by atoms with Gasteiger partial charge < -0.3 is 15.4 Å². The Morgan fingerprint density at radius 2 is 1.68 bits per heavy atom. The Kier molecular flexibility index (Phi) is 7.76. The number of hydrogen-bond donors (Lipinski definition) is 2. The number of carbonyl (C=O) groups is 2. The second kappa shape index (κ2) is 10.1. The largest absolute Gasteiger partial charge is 0.497 e. The number of ether oxygens (including phenoxy) is 1. The van der Waals surface area contributed by atoms with E-state index in [9.17, 15) is 9.59 Å². The molecule has 1 aliphatic rings. The lowest BCUT2D eigenvalue weighted by Gasteiger charge is -2.23. The zero-order valence-electron chi connectivity index (χ0n) is 15.3. The van der Waals surface area contributed by atoms with E-state index < -0.39 is 0 Å². The van der Waals surface area contributed by atoms with Crippen LogP contribution in [0.3, 0.4) is 0 Å². The number of rotatable bonds is 6. The van der Waals surface area contributed by atoms with E-state index in [1.54, 1.807) is 7.11 Å². The minimum Gasteiger partial charge on any atom is -0.497 e. The highest BCUT2D eigenvalue weighted by molar-refractivity contribution is 5.79. The van der Waals surface area contributed by atoms with Crippen LogP contribution in [0, 0.1) is 0 Å². The van der Waals surface area contributed by atoms with E-state index in [4.69, 9.17) is 4.74 Å². The molecule has 0 aromatic heterocycles. The van der Waals surface area contributed by atoms with Crippen molar-refractivity contribution >= 4 is 11.8 Å². The molecule has 0 bridgehead atoms. The molecule has 2 amide bonds. The van der Waals surface area contributed by atoms with Crippen molar-refractivity contribution in [3.05, 3.63) is 29.8 Å². The van der Waals surface area contributed by atoms with Gasteiger partial charge in [0, 0.05) is 13.0 Å². The zero-order chi connectivity index (χ0) is 18.1. The molecule has 5 heteroatoms. The zero-order valence-corrected chi connectivity index (χ0v) is 15.3. The Morgan fingerprint density at radius 1 is 1.08 bits per heavy atom. The van der Waals surface area contributed by atoms with E-state index in [0.717, 1.165) is 24.2 Å². The number of carbonyl (C=O) groups excluding carboxylic acids is 2. The summed E-state index contributed by atoms with van der Waals surface area (Å²) in [5, 5.41) is 6.05. The molecular formula is C20H30N2O3. The Balaban J connectivity index is 1.97. The van der Waals surface area contributed by atoms with E-state index >= 15 is 0 Å². The molecule has 0 unspecified atom stereocenters. The molecule has 0 saturated heterocycles. The fourth-order valence-corrected chi connectivity index (χ4v) is 3.41. The standard InChI is InChI=1S/C20H30N2O3/c1-15(23)21-19(16-10-12-18(25-2)13-11-16)14-20(24)22-17-8-6-4-3-5-7-9-17/h10-13,17,19H,3-9,14H2,1-2H3,(H,21,23)(H,22,24)/t19-/m0/s1. The number of benzene rings is 1. The van der Waals surface area contributed by atoms with Crippen LogP contribution in [0.5, 0.6) is 5.75 Å². The van der Waals surface area contributed by atoms with Gasteiger partial charge in [-0.15, -0.1) is 0 Å². The molecule has 0 radical (unpaired) electrons. The van der Waals surface area contributed by atoms with Gasteiger partial charge in [0.05, 0.1) is 19.6 Å². The monoisotopic (exact) mass is 346 g/mol. The summed E-state index contributed by atoms with van der Waals surface area (Å²) < 4.78 is 5.17. The van der Waals surface area contributed by atoms with E-state index in [0.29, 0.717) is 0 Å². The quantitative estimate of drug-likeness (QED) is 0.828. The van der Waals surface area contributed by atoms with Crippen molar-refractivity contribution < 1.29 is 14.3 Å². The maximum absolute atomic E-state index is 12.5. The highest BCUT2D eigenvalue weighted by Crippen LogP contribution is 2.21. The first-order valence-electron chi connectivity index (χ1n) is 9.29. The molecule has 1 fully saturated rings. The van der Waals surface area contributed by atoms with Gasteiger partial charge in [0.1, 0.15) is 5.75 Å². The molecular weight excluding hydrogens is 316 g/mol. The third kappa shape index (κ3) is 6.77. The molecule has 1 aliphatic carbocycles. The Morgan fingerprint density at radius 3 is 2.24 bits per heavy atom. The maximum Gasteiger partial charge on any atom is 0.222 e. The predicted octanol–water partition coefficient (Wildman–Crippen LogP) is 3.49. The van der Waals surface area contributed by atoms with Crippen molar-refractivity contribution in [1.82, 2.24) is 10.6 Å². The SMILES string of the molecule is COc1ccc([C@H](CC(=O)NC2CCCCCCC2)NC(C)=O)cc1. The normalized spacial score (nSPS) is 17.0. The minimum atomic E-state index is -0.322. The minimum absolute atomic E-state index is 0.000131. The summed E-state index contributed by atoms with van der Waals surface area (Å²) in [6.07, 6.45) is 8.54. The lowest BCUT2D eigenvalue weighted by Crippen LogP contribution is -2.38. The first-order valence-corrected chi connectivity index (χ1v) is 9.29.